The molecule has 0 amide bonds. The van der Waals surface area contributed by atoms with E-state index in [1.54, 1.807) is 39.0 Å². The molecule has 0 atom stereocenters. The van der Waals surface area contributed by atoms with E-state index in [4.69, 9.17) is 5.73 Å². The topological polar surface area (TPSA) is 83.6 Å². The van der Waals surface area contributed by atoms with E-state index in [1.807, 2.05) is 6.92 Å². The Kier molecular flexibility index (Phi) is 5.32. The first-order valence-electron chi connectivity index (χ1n) is 6.64. The van der Waals surface area contributed by atoms with Crippen LogP contribution in [0.2, 0.25) is 0 Å². The zero-order valence-corrected chi connectivity index (χ0v) is 13.4. The van der Waals surface area contributed by atoms with Crippen LogP contribution in [-0.4, -0.2) is 36.5 Å². The van der Waals surface area contributed by atoms with Crippen molar-refractivity contribution in [3.05, 3.63) is 29.3 Å². The molecule has 5 nitrogen and oxygen atoms in total. The molecule has 0 aliphatic heterocycles. The van der Waals surface area contributed by atoms with Gasteiger partial charge in [-0.1, -0.05) is 13.0 Å². The van der Waals surface area contributed by atoms with Crippen molar-refractivity contribution in [1.29, 1.82) is 0 Å². The summed E-state index contributed by atoms with van der Waals surface area (Å²) in [6, 6.07) is 4.93. The van der Waals surface area contributed by atoms with Gasteiger partial charge in [0.15, 0.2) is 0 Å². The van der Waals surface area contributed by atoms with Gasteiger partial charge >= 0.3 is 0 Å². The highest BCUT2D eigenvalue weighted by atomic mass is 32.2. The Morgan fingerprint density at radius 1 is 1.35 bits per heavy atom. The number of sulfonamides is 1. The van der Waals surface area contributed by atoms with Crippen molar-refractivity contribution in [3.63, 3.8) is 0 Å². The van der Waals surface area contributed by atoms with Crippen LogP contribution >= 0.6 is 0 Å². The molecule has 1 rings (SSSR count). The Morgan fingerprint density at radius 2 is 1.95 bits per heavy atom. The summed E-state index contributed by atoms with van der Waals surface area (Å²) < 4.78 is 26.4. The third-order valence-corrected chi connectivity index (χ3v) is 5.00. The average Bonchev–Trinajstić information content (AvgIpc) is 2.34. The molecule has 1 aromatic rings. The number of hydrogen-bond acceptors (Lipinski definition) is 4. The van der Waals surface area contributed by atoms with Gasteiger partial charge in [-0.2, -0.15) is 4.31 Å². The Bertz CT molecular complexity index is 562. The minimum Gasteiger partial charge on any atom is -0.389 e. The first-order valence-corrected chi connectivity index (χ1v) is 8.08. The summed E-state index contributed by atoms with van der Waals surface area (Å²) in [4.78, 5) is 0.235. The molecule has 0 radical (unpaired) electrons. The summed E-state index contributed by atoms with van der Waals surface area (Å²) in [7, 11) is -3.60. The monoisotopic (exact) mass is 300 g/mol. The number of rotatable bonds is 6. The predicted molar refractivity (Wildman–Crippen MR) is 79.8 cm³/mol. The molecule has 0 fully saturated rings. The number of aryl methyl sites for hydroxylation is 1. The number of hydrogen-bond donors (Lipinski definition) is 2. The maximum absolute atomic E-state index is 12.6. The van der Waals surface area contributed by atoms with E-state index < -0.39 is 15.6 Å². The summed E-state index contributed by atoms with van der Waals surface area (Å²) in [5, 5.41) is 9.84. The highest BCUT2D eigenvalue weighted by molar-refractivity contribution is 7.89. The van der Waals surface area contributed by atoms with Gasteiger partial charge in [-0.3, -0.25) is 0 Å². The van der Waals surface area contributed by atoms with Crippen molar-refractivity contribution in [2.45, 2.75) is 44.7 Å². The quantitative estimate of drug-likeness (QED) is 0.828. The molecule has 3 N–H and O–H groups in total. The van der Waals surface area contributed by atoms with Crippen LogP contribution in [0.5, 0.6) is 0 Å². The summed E-state index contributed by atoms with van der Waals surface area (Å²) in [6.07, 6.45) is 0. The molecule has 0 unspecified atom stereocenters. The summed E-state index contributed by atoms with van der Waals surface area (Å²) in [5.41, 5.74) is 6.29. The van der Waals surface area contributed by atoms with Gasteiger partial charge in [0.05, 0.1) is 10.5 Å². The van der Waals surface area contributed by atoms with Crippen molar-refractivity contribution in [3.8, 4) is 0 Å². The first-order chi connectivity index (χ1) is 9.11. The maximum Gasteiger partial charge on any atom is 0.243 e. The van der Waals surface area contributed by atoms with E-state index in [9.17, 15) is 13.5 Å². The van der Waals surface area contributed by atoms with Crippen LogP contribution in [0.3, 0.4) is 0 Å². The predicted octanol–water partition coefficient (Wildman–Crippen LogP) is 1.24. The van der Waals surface area contributed by atoms with Crippen molar-refractivity contribution in [2.75, 3.05) is 13.1 Å². The third kappa shape index (κ3) is 4.02. The highest BCUT2D eigenvalue weighted by Gasteiger charge is 2.28. The van der Waals surface area contributed by atoms with Gasteiger partial charge in [0, 0.05) is 19.6 Å². The second-order valence-electron chi connectivity index (χ2n) is 5.54. The van der Waals surface area contributed by atoms with Gasteiger partial charge in [0.1, 0.15) is 0 Å². The van der Waals surface area contributed by atoms with Gasteiger partial charge in [-0.05, 0) is 44.0 Å². The number of nitrogens with two attached hydrogens (primary N) is 1. The van der Waals surface area contributed by atoms with E-state index in [2.05, 4.69) is 0 Å². The molecule has 0 aromatic heterocycles. The molecular formula is C14H24N2O3S. The lowest BCUT2D eigenvalue weighted by molar-refractivity contribution is 0.0601. The third-order valence-electron chi connectivity index (χ3n) is 3.09. The lowest BCUT2D eigenvalue weighted by Gasteiger charge is -2.27. The smallest absolute Gasteiger partial charge is 0.243 e. The van der Waals surface area contributed by atoms with E-state index in [1.165, 1.54) is 4.31 Å². The highest BCUT2D eigenvalue weighted by Crippen LogP contribution is 2.21. The maximum atomic E-state index is 12.6. The summed E-state index contributed by atoms with van der Waals surface area (Å²) in [6.45, 7) is 7.53. The minimum absolute atomic E-state index is 0.0590. The average molecular weight is 300 g/mol. The van der Waals surface area contributed by atoms with Crippen molar-refractivity contribution >= 4 is 10.0 Å². The van der Waals surface area contributed by atoms with Crippen LogP contribution in [-0.2, 0) is 16.6 Å². The summed E-state index contributed by atoms with van der Waals surface area (Å²) >= 11 is 0. The Hall–Kier alpha value is -0.950. The Morgan fingerprint density at radius 3 is 2.35 bits per heavy atom. The fraction of sp³-hybridized carbons (Fsp3) is 0.571. The SMILES string of the molecule is CCN(CC(C)(C)O)S(=O)(=O)c1ccc(CN)c(C)c1. The molecule has 114 valence electrons. The van der Waals surface area contributed by atoms with Gasteiger partial charge < -0.3 is 10.8 Å². The summed E-state index contributed by atoms with van der Waals surface area (Å²) in [5.74, 6) is 0. The normalized spacial score (nSPS) is 12.9. The fourth-order valence-electron chi connectivity index (χ4n) is 2.01. The second-order valence-corrected chi connectivity index (χ2v) is 7.47. The molecule has 1 aromatic carbocycles. The van der Waals surface area contributed by atoms with Crippen LogP contribution in [0.4, 0.5) is 0 Å². The van der Waals surface area contributed by atoms with Crippen molar-refractivity contribution in [1.82, 2.24) is 4.31 Å². The molecule has 0 aliphatic carbocycles. The van der Waals surface area contributed by atoms with Crippen LogP contribution in [0.1, 0.15) is 31.9 Å². The fourth-order valence-corrected chi connectivity index (χ4v) is 3.69. The van der Waals surface area contributed by atoms with Gasteiger partial charge in [-0.15, -0.1) is 0 Å². The zero-order valence-electron chi connectivity index (χ0n) is 12.5. The lowest BCUT2D eigenvalue weighted by atomic mass is 10.1. The Balaban J connectivity index is 3.17. The molecule has 0 bridgehead atoms. The van der Waals surface area contributed by atoms with E-state index in [0.717, 1.165) is 11.1 Å². The van der Waals surface area contributed by atoms with E-state index >= 15 is 0 Å². The molecular weight excluding hydrogens is 276 g/mol. The van der Waals surface area contributed by atoms with E-state index in [-0.39, 0.29) is 11.4 Å². The van der Waals surface area contributed by atoms with Gasteiger partial charge in [0.2, 0.25) is 10.0 Å². The minimum atomic E-state index is -3.60. The lowest BCUT2D eigenvalue weighted by Crippen LogP contribution is -2.42. The molecule has 0 saturated heterocycles. The molecule has 0 heterocycles. The van der Waals surface area contributed by atoms with Crippen molar-refractivity contribution < 1.29 is 13.5 Å². The number of aliphatic hydroxyl groups is 1. The number of benzene rings is 1. The van der Waals surface area contributed by atoms with Gasteiger partial charge in [0.25, 0.3) is 0 Å². The van der Waals surface area contributed by atoms with Crippen LogP contribution in [0.25, 0.3) is 0 Å². The number of nitrogens with zero attached hydrogens (tertiary/aromatic N) is 1. The standard InChI is InChI=1S/C14H24N2O3S/c1-5-16(10-14(3,4)17)20(18,19)13-7-6-12(9-15)11(2)8-13/h6-8,17H,5,9-10,15H2,1-4H3. The van der Waals surface area contributed by atoms with Crippen LogP contribution < -0.4 is 5.73 Å². The largest absolute Gasteiger partial charge is 0.389 e. The molecule has 0 spiro atoms. The van der Waals surface area contributed by atoms with Crippen LogP contribution in [0, 0.1) is 6.92 Å². The van der Waals surface area contributed by atoms with E-state index in [0.29, 0.717) is 13.1 Å². The Labute approximate surface area is 121 Å². The van der Waals surface area contributed by atoms with Crippen LogP contribution in [0.15, 0.2) is 23.1 Å². The second kappa shape index (κ2) is 6.22. The molecule has 6 heteroatoms. The molecule has 20 heavy (non-hydrogen) atoms. The van der Waals surface area contributed by atoms with Gasteiger partial charge in [-0.25, -0.2) is 8.42 Å². The zero-order chi connectivity index (χ0) is 15.6. The number of likely N-dealkylation sites (N-methyl/N-ethyl adjacent to an activating group) is 1. The van der Waals surface area contributed by atoms with Crippen molar-refractivity contribution in [2.24, 2.45) is 5.73 Å². The molecule has 0 aliphatic rings. The molecule has 0 saturated carbocycles. The first kappa shape index (κ1) is 17.1.